The van der Waals surface area contributed by atoms with E-state index < -0.39 is 37.2 Å². The Balaban J connectivity index is 1.18. The van der Waals surface area contributed by atoms with E-state index in [1.807, 2.05) is 0 Å². The lowest BCUT2D eigenvalue weighted by atomic mass is 10.0. The molecule has 0 radical (unpaired) electrons. The molecule has 3 aromatic rings. The lowest BCUT2D eigenvalue weighted by molar-refractivity contribution is -0.121. The number of halogens is 1. The average Bonchev–Trinajstić information content (AvgIpc) is 3.67. The molecule has 15 heteroatoms. The van der Waals surface area contributed by atoms with Gasteiger partial charge in [-0.3, -0.25) is 19.1 Å². The number of aromatic amines is 1. The van der Waals surface area contributed by atoms with Crippen LogP contribution in [0.5, 0.6) is 5.75 Å². The van der Waals surface area contributed by atoms with Crippen LogP contribution in [-0.4, -0.2) is 56.3 Å². The number of aliphatic hydroxyl groups is 1. The molecule has 53 heavy (non-hydrogen) atoms. The van der Waals surface area contributed by atoms with Crippen molar-refractivity contribution >= 4 is 30.8 Å². The molecule has 1 saturated carbocycles. The zero-order chi connectivity index (χ0) is 38.1. The summed E-state index contributed by atoms with van der Waals surface area (Å²) in [6.07, 6.45) is 21.2. The molecule has 0 saturated heterocycles. The van der Waals surface area contributed by atoms with E-state index in [1.165, 1.54) is 82.0 Å². The van der Waals surface area contributed by atoms with Crippen molar-refractivity contribution < 1.29 is 27.9 Å². The monoisotopic (exact) mass is 757 g/mol. The van der Waals surface area contributed by atoms with E-state index in [-0.39, 0.29) is 54.9 Å². The smallest absolute Gasteiger partial charge is 0.413 e. The minimum atomic E-state index is -4.08. The minimum Gasteiger partial charge on any atom is -0.413 e. The molecule has 13 nitrogen and oxygen atoms in total. The number of nitrogens with two attached hydrogens (primary N) is 1. The molecule has 2 aromatic heterocycles. The minimum absolute atomic E-state index is 0.0655. The molecule has 1 amide bonds. The van der Waals surface area contributed by atoms with Gasteiger partial charge < -0.3 is 25.2 Å². The summed E-state index contributed by atoms with van der Waals surface area (Å²) in [5.74, 6) is -1.21. The van der Waals surface area contributed by atoms with E-state index in [1.54, 1.807) is 4.57 Å². The fraction of sp³-hybridized carbons (Fsp3) is 0.579. The number of anilines is 1. The van der Waals surface area contributed by atoms with Crippen molar-refractivity contribution in [3.8, 4) is 5.75 Å². The lowest BCUT2D eigenvalue weighted by Crippen LogP contribution is -2.32. The number of benzene rings is 1. The van der Waals surface area contributed by atoms with E-state index in [0.717, 1.165) is 32.1 Å². The van der Waals surface area contributed by atoms with Gasteiger partial charge >= 0.3 is 7.75 Å². The number of rotatable bonds is 25. The first-order chi connectivity index (χ1) is 25.6. The summed E-state index contributed by atoms with van der Waals surface area (Å²) in [4.78, 5) is 35.5. The van der Waals surface area contributed by atoms with Gasteiger partial charge in [-0.1, -0.05) is 77.0 Å². The second kappa shape index (κ2) is 21.8. The Morgan fingerprint density at radius 1 is 1.08 bits per heavy atom. The number of carbonyl (C=O) groups excluding carboxylic acids is 1. The molecular formula is C38H57FN7O6P. The summed E-state index contributed by atoms with van der Waals surface area (Å²) in [6.45, 7) is 6.41. The van der Waals surface area contributed by atoms with Crippen molar-refractivity contribution in [1.82, 2.24) is 29.9 Å². The predicted octanol–water partition coefficient (Wildman–Crippen LogP) is 7.27. The molecule has 0 bridgehead atoms. The zero-order valence-electron chi connectivity index (χ0n) is 30.9. The van der Waals surface area contributed by atoms with Gasteiger partial charge in [-0.2, -0.15) is 4.98 Å². The molecule has 4 atom stereocenters. The molecule has 1 fully saturated rings. The molecule has 292 valence electrons. The van der Waals surface area contributed by atoms with Crippen LogP contribution in [-0.2, 0) is 13.9 Å². The number of H-pyrrole nitrogens is 1. The molecular weight excluding hydrogens is 700 g/mol. The van der Waals surface area contributed by atoms with E-state index in [0.29, 0.717) is 12.0 Å². The van der Waals surface area contributed by atoms with Gasteiger partial charge in [-0.25, -0.2) is 19.0 Å². The standard InChI is InChI=1S/C38H57FN7O6P/c1-3-4-5-6-7-8-9-10-11-12-13-14-15-16-17-18-34(48)41-23-24-43-53(50,52-30-21-19-29(39)20-22-30)51-26-31-28(2)32(25-33(31)47)46-27-42-35-36(46)44-38(40)45-37(35)49/h10-11,19-22,27,31-33,47H,2-9,12-18,23-26H2,1H3,(H,41,48)(H,43,50)(H3,40,44,45,49)/b11-10-/t31-,32-,33-,53?/m0/s1. The topological polar surface area (TPSA) is 186 Å². The van der Waals surface area contributed by atoms with E-state index in [2.05, 4.69) is 51.0 Å². The molecule has 1 aliphatic rings. The van der Waals surface area contributed by atoms with Crippen molar-refractivity contribution in [2.75, 3.05) is 25.4 Å². The maximum Gasteiger partial charge on any atom is 0.458 e. The van der Waals surface area contributed by atoms with Gasteiger partial charge in [0.2, 0.25) is 11.9 Å². The summed E-state index contributed by atoms with van der Waals surface area (Å²) in [6, 6.07) is 4.51. The first-order valence-corrected chi connectivity index (χ1v) is 20.6. The maximum atomic E-state index is 13.9. The third-order valence-electron chi connectivity index (χ3n) is 9.50. The number of allylic oxidation sites excluding steroid dienone is 2. The highest BCUT2D eigenvalue weighted by molar-refractivity contribution is 7.52. The first kappa shape index (κ1) is 41.9. The first-order valence-electron chi connectivity index (χ1n) is 19.1. The number of hydrogen-bond acceptors (Lipinski definition) is 9. The Labute approximate surface area is 311 Å². The van der Waals surface area contributed by atoms with Gasteiger partial charge in [0.1, 0.15) is 11.6 Å². The van der Waals surface area contributed by atoms with Gasteiger partial charge in [0.15, 0.2) is 11.2 Å². The number of aromatic nitrogens is 4. The van der Waals surface area contributed by atoms with Crippen LogP contribution in [0.4, 0.5) is 10.3 Å². The molecule has 1 aromatic carbocycles. The third-order valence-corrected chi connectivity index (χ3v) is 11.1. The fourth-order valence-corrected chi connectivity index (χ4v) is 7.83. The van der Waals surface area contributed by atoms with Gasteiger partial charge in [0.25, 0.3) is 5.56 Å². The predicted molar refractivity (Wildman–Crippen MR) is 206 cm³/mol. The molecule has 0 spiro atoms. The number of aliphatic hydroxyl groups excluding tert-OH is 1. The highest BCUT2D eigenvalue weighted by Gasteiger charge is 2.40. The normalized spacial score (nSPS) is 18.5. The number of nitrogens with zero attached hydrogens (tertiary/aromatic N) is 3. The number of hydrogen-bond donors (Lipinski definition) is 5. The third kappa shape index (κ3) is 13.5. The van der Waals surface area contributed by atoms with Gasteiger partial charge in [-0.15, -0.1) is 0 Å². The molecule has 6 N–H and O–H groups in total. The van der Waals surface area contributed by atoms with Gasteiger partial charge in [-0.05, 0) is 68.4 Å². The highest BCUT2D eigenvalue weighted by atomic mass is 31.2. The quantitative estimate of drug-likeness (QED) is 0.0334. The number of unbranched alkanes of at least 4 members (excludes halogenated alkanes) is 11. The Morgan fingerprint density at radius 3 is 2.43 bits per heavy atom. The Kier molecular flexibility index (Phi) is 17.2. The van der Waals surface area contributed by atoms with Crippen LogP contribution in [0.3, 0.4) is 0 Å². The van der Waals surface area contributed by atoms with E-state index in [9.17, 15) is 23.7 Å². The number of amides is 1. The largest absolute Gasteiger partial charge is 0.458 e. The van der Waals surface area contributed by atoms with Crippen LogP contribution in [0.1, 0.15) is 109 Å². The molecule has 1 aliphatic carbocycles. The van der Waals surface area contributed by atoms with Crippen molar-refractivity contribution in [2.24, 2.45) is 5.92 Å². The number of nitrogen functional groups attached to an aromatic ring is 1. The zero-order valence-corrected chi connectivity index (χ0v) is 31.8. The van der Waals surface area contributed by atoms with Crippen molar-refractivity contribution in [2.45, 2.75) is 115 Å². The Bertz CT molecular complexity index is 1730. The fourth-order valence-electron chi connectivity index (χ4n) is 6.48. The van der Waals surface area contributed by atoms with Crippen molar-refractivity contribution in [3.63, 3.8) is 0 Å². The average molecular weight is 758 g/mol. The van der Waals surface area contributed by atoms with Crippen LogP contribution in [0.2, 0.25) is 0 Å². The van der Waals surface area contributed by atoms with Gasteiger partial charge in [0.05, 0.1) is 25.1 Å². The van der Waals surface area contributed by atoms with Crippen LogP contribution in [0, 0.1) is 11.7 Å². The summed E-state index contributed by atoms with van der Waals surface area (Å²) in [5, 5.41) is 16.6. The van der Waals surface area contributed by atoms with Crippen LogP contribution in [0.15, 0.2) is 59.7 Å². The second-order valence-corrected chi connectivity index (χ2v) is 15.5. The maximum absolute atomic E-state index is 13.9. The van der Waals surface area contributed by atoms with Crippen molar-refractivity contribution in [1.29, 1.82) is 0 Å². The van der Waals surface area contributed by atoms with Gasteiger partial charge in [0, 0.05) is 25.4 Å². The number of nitrogens with one attached hydrogen (secondary N) is 3. The highest BCUT2D eigenvalue weighted by Crippen LogP contribution is 2.47. The second-order valence-electron chi connectivity index (χ2n) is 13.7. The van der Waals surface area contributed by atoms with E-state index in [4.69, 9.17) is 14.8 Å². The molecule has 1 unspecified atom stereocenters. The summed E-state index contributed by atoms with van der Waals surface area (Å²) < 4.78 is 40.6. The summed E-state index contributed by atoms with van der Waals surface area (Å²) in [5.41, 5.74) is 6.16. The Hall–Kier alpha value is -3.84. The van der Waals surface area contributed by atoms with Crippen LogP contribution >= 0.6 is 7.75 Å². The Morgan fingerprint density at radius 2 is 1.74 bits per heavy atom. The van der Waals surface area contributed by atoms with E-state index >= 15 is 0 Å². The lowest BCUT2D eigenvalue weighted by Gasteiger charge is -2.23. The SMILES string of the molecule is C=C1[C@H](COP(=O)(NCCNC(=O)CCCCCCC/C=C\CCCCCCCC)Oc2ccc(F)cc2)[C@@H](O)C[C@@H]1n1cnc2c(=O)[nH]c(N)nc21. The molecule has 4 rings (SSSR count). The number of carbonyl (C=O) groups is 1. The van der Waals surface area contributed by atoms with Crippen LogP contribution < -0.4 is 26.2 Å². The summed E-state index contributed by atoms with van der Waals surface area (Å²) in [7, 11) is -4.08. The molecule has 0 aliphatic heterocycles. The van der Waals surface area contributed by atoms with Crippen LogP contribution in [0.25, 0.3) is 11.2 Å². The molecule has 2 heterocycles. The number of imidazole rings is 1. The summed E-state index contributed by atoms with van der Waals surface area (Å²) >= 11 is 0. The number of fused-ring (bicyclic) bond motifs is 1. The van der Waals surface area contributed by atoms with Crippen molar-refractivity contribution in [3.05, 3.63) is 71.1 Å².